The standard InChI is InChI=1S/C17H28N2O/c1-12(2)10-13(3)11-16(19-18)17-15-7-5-4-6-14(15)8-9-20-17/h4-7,12-13,16-17,19H,8-11,18H2,1-3H3. The number of fused-ring (bicyclic) bond motifs is 1. The van der Waals surface area contributed by atoms with Crippen molar-refractivity contribution in [2.75, 3.05) is 6.61 Å². The summed E-state index contributed by atoms with van der Waals surface area (Å²) in [6.07, 6.45) is 3.37. The van der Waals surface area contributed by atoms with Crippen LogP contribution in [0.3, 0.4) is 0 Å². The lowest BCUT2D eigenvalue weighted by molar-refractivity contribution is 0.00910. The fourth-order valence-corrected chi connectivity index (χ4v) is 3.37. The molecular formula is C17H28N2O. The van der Waals surface area contributed by atoms with Crippen molar-refractivity contribution in [3.8, 4) is 0 Å². The van der Waals surface area contributed by atoms with Gasteiger partial charge in [0, 0.05) is 0 Å². The molecule has 3 nitrogen and oxygen atoms in total. The van der Waals surface area contributed by atoms with Crippen LogP contribution in [0.25, 0.3) is 0 Å². The van der Waals surface area contributed by atoms with Crippen LogP contribution < -0.4 is 11.3 Å². The lowest BCUT2D eigenvalue weighted by atomic mass is 9.86. The summed E-state index contributed by atoms with van der Waals surface area (Å²) < 4.78 is 6.02. The normalized spacial score (nSPS) is 21.6. The van der Waals surface area contributed by atoms with E-state index in [0.29, 0.717) is 5.92 Å². The van der Waals surface area contributed by atoms with Crippen molar-refractivity contribution in [1.82, 2.24) is 5.43 Å². The molecular weight excluding hydrogens is 248 g/mol. The maximum atomic E-state index is 6.02. The minimum Gasteiger partial charge on any atom is -0.371 e. The van der Waals surface area contributed by atoms with Crippen LogP contribution in [0.15, 0.2) is 24.3 Å². The minimum absolute atomic E-state index is 0.0829. The Bertz CT molecular complexity index is 419. The highest BCUT2D eigenvalue weighted by Crippen LogP contribution is 2.32. The SMILES string of the molecule is CC(C)CC(C)CC(NN)C1OCCc2ccccc21. The predicted octanol–water partition coefficient (Wildman–Crippen LogP) is 3.20. The molecule has 112 valence electrons. The van der Waals surface area contributed by atoms with Gasteiger partial charge in [-0.15, -0.1) is 0 Å². The van der Waals surface area contributed by atoms with E-state index in [1.807, 2.05) is 0 Å². The zero-order chi connectivity index (χ0) is 14.5. The van der Waals surface area contributed by atoms with Crippen molar-refractivity contribution in [3.63, 3.8) is 0 Å². The molecule has 0 saturated heterocycles. The number of hydrogen-bond acceptors (Lipinski definition) is 3. The molecule has 0 amide bonds. The Kier molecular flexibility index (Phi) is 5.58. The quantitative estimate of drug-likeness (QED) is 0.619. The molecule has 2 rings (SSSR count). The number of nitrogens with one attached hydrogen (secondary N) is 1. The van der Waals surface area contributed by atoms with E-state index < -0.39 is 0 Å². The number of hydrazine groups is 1. The van der Waals surface area contributed by atoms with Crippen LogP contribution in [0.4, 0.5) is 0 Å². The third kappa shape index (κ3) is 3.81. The molecule has 1 aromatic carbocycles. The Balaban J connectivity index is 2.08. The number of nitrogens with two attached hydrogens (primary N) is 1. The van der Waals surface area contributed by atoms with E-state index in [0.717, 1.165) is 25.4 Å². The summed E-state index contributed by atoms with van der Waals surface area (Å²) in [4.78, 5) is 0. The fourth-order valence-electron chi connectivity index (χ4n) is 3.37. The summed E-state index contributed by atoms with van der Waals surface area (Å²) in [7, 11) is 0. The Morgan fingerprint density at radius 2 is 2.00 bits per heavy atom. The van der Waals surface area contributed by atoms with E-state index in [4.69, 9.17) is 10.6 Å². The molecule has 1 aliphatic heterocycles. The summed E-state index contributed by atoms with van der Waals surface area (Å²) in [6, 6.07) is 8.76. The van der Waals surface area contributed by atoms with Crippen molar-refractivity contribution >= 4 is 0 Å². The largest absolute Gasteiger partial charge is 0.371 e. The first-order chi connectivity index (χ1) is 9.61. The molecule has 0 aromatic heterocycles. The number of hydrogen-bond donors (Lipinski definition) is 2. The summed E-state index contributed by atoms with van der Waals surface area (Å²) >= 11 is 0. The summed E-state index contributed by atoms with van der Waals surface area (Å²) in [5.74, 6) is 7.18. The van der Waals surface area contributed by atoms with Crippen LogP contribution in [-0.2, 0) is 11.2 Å². The zero-order valence-electron chi connectivity index (χ0n) is 12.9. The Hall–Kier alpha value is -0.900. The minimum atomic E-state index is 0.0829. The Morgan fingerprint density at radius 3 is 2.70 bits per heavy atom. The molecule has 3 atom stereocenters. The van der Waals surface area contributed by atoms with Crippen LogP contribution in [0.5, 0.6) is 0 Å². The van der Waals surface area contributed by atoms with Crippen molar-refractivity contribution in [1.29, 1.82) is 0 Å². The van der Waals surface area contributed by atoms with Gasteiger partial charge in [-0.1, -0.05) is 45.0 Å². The molecule has 0 saturated carbocycles. The molecule has 3 heteroatoms. The van der Waals surface area contributed by atoms with E-state index >= 15 is 0 Å². The second kappa shape index (κ2) is 7.21. The van der Waals surface area contributed by atoms with Gasteiger partial charge in [0.1, 0.15) is 0 Å². The average Bonchev–Trinajstić information content (AvgIpc) is 2.43. The summed E-state index contributed by atoms with van der Waals surface area (Å²) in [5, 5.41) is 0. The summed E-state index contributed by atoms with van der Waals surface area (Å²) in [5.41, 5.74) is 5.70. The smallest absolute Gasteiger partial charge is 0.0994 e. The van der Waals surface area contributed by atoms with E-state index in [9.17, 15) is 0 Å². The molecule has 0 fully saturated rings. The fraction of sp³-hybridized carbons (Fsp3) is 0.647. The second-order valence-electron chi connectivity index (χ2n) is 6.48. The van der Waals surface area contributed by atoms with Gasteiger partial charge >= 0.3 is 0 Å². The highest BCUT2D eigenvalue weighted by atomic mass is 16.5. The highest BCUT2D eigenvalue weighted by molar-refractivity contribution is 5.31. The van der Waals surface area contributed by atoms with Gasteiger partial charge in [0.25, 0.3) is 0 Å². The first kappa shape index (κ1) is 15.5. The van der Waals surface area contributed by atoms with Gasteiger partial charge in [-0.25, -0.2) is 0 Å². The van der Waals surface area contributed by atoms with Gasteiger partial charge in [-0.3, -0.25) is 11.3 Å². The van der Waals surface area contributed by atoms with Gasteiger partial charge in [0.05, 0.1) is 18.8 Å². The van der Waals surface area contributed by atoms with Crippen LogP contribution in [-0.4, -0.2) is 12.6 Å². The van der Waals surface area contributed by atoms with Crippen LogP contribution in [0.2, 0.25) is 0 Å². The van der Waals surface area contributed by atoms with Gasteiger partial charge in [-0.05, 0) is 42.2 Å². The van der Waals surface area contributed by atoms with Crippen molar-refractivity contribution in [2.24, 2.45) is 17.7 Å². The lowest BCUT2D eigenvalue weighted by Crippen LogP contribution is -2.43. The topological polar surface area (TPSA) is 47.3 Å². The van der Waals surface area contributed by atoms with E-state index in [2.05, 4.69) is 50.5 Å². The Morgan fingerprint density at radius 1 is 1.25 bits per heavy atom. The van der Waals surface area contributed by atoms with Crippen molar-refractivity contribution in [3.05, 3.63) is 35.4 Å². The molecule has 0 radical (unpaired) electrons. The van der Waals surface area contributed by atoms with Crippen LogP contribution in [0, 0.1) is 11.8 Å². The van der Waals surface area contributed by atoms with E-state index in [1.54, 1.807) is 0 Å². The first-order valence-corrected chi connectivity index (χ1v) is 7.77. The molecule has 0 bridgehead atoms. The third-order valence-corrected chi connectivity index (χ3v) is 4.14. The lowest BCUT2D eigenvalue weighted by Gasteiger charge is -2.33. The maximum absolute atomic E-state index is 6.02. The molecule has 0 spiro atoms. The zero-order valence-corrected chi connectivity index (χ0v) is 12.9. The average molecular weight is 276 g/mol. The molecule has 0 aliphatic carbocycles. The Labute approximate surface area is 122 Å². The van der Waals surface area contributed by atoms with Crippen LogP contribution in [0.1, 0.15) is 50.8 Å². The molecule has 3 unspecified atom stereocenters. The number of ether oxygens (including phenoxy) is 1. The summed E-state index contributed by atoms with van der Waals surface area (Å²) in [6.45, 7) is 7.64. The molecule has 1 heterocycles. The monoisotopic (exact) mass is 276 g/mol. The van der Waals surface area contributed by atoms with Crippen molar-refractivity contribution < 1.29 is 4.74 Å². The number of rotatable bonds is 6. The maximum Gasteiger partial charge on any atom is 0.0994 e. The van der Waals surface area contributed by atoms with Crippen LogP contribution >= 0.6 is 0 Å². The van der Waals surface area contributed by atoms with Gasteiger partial charge in [-0.2, -0.15) is 0 Å². The van der Waals surface area contributed by atoms with E-state index in [-0.39, 0.29) is 12.1 Å². The van der Waals surface area contributed by atoms with E-state index in [1.165, 1.54) is 17.5 Å². The predicted molar refractivity (Wildman–Crippen MR) is 83.2 cm³/mol. The molecule has 20 heavy (non-hydrogen) atoms. The van der Waals surface area contributed by atoms with Gasteiger partial charge in [0.2, 0.25) is 0 Å². The molecule has 1 aliphatic rings. The van der Waals surface area contributed by atoms with Gasteiger partial charge < -0.3 is 4.74 Å². The highest BCUT2D eigenvalue weighted by Gasteiger charge is 2.29. The van der Waals surface area contributed by atoms with Gasteiger partial charge in [0.15, 0.2) is 0 Å². The second-order valence-corrected chi connectivity index (χ2v) is 6.48. The molecule has 1 aromatic rings. The van der Waals surface area contributed by atoms with Crippen molar-refractivity contribution in [2.45, 2.75) is 52.2 Å². The number of benzene rings is 1. The third-order valence-electron chi connectivity index (χ3n) is 4.14. The molecule has 3 N–H and O–H groups in total. The first-order valence-electron chi connectivity index (χ1n) is 7.77.